The number of nitrogens with one attached hydrogen (secondary N) is 1. The Bertz CT molecular complexity index is 853. The number of rotatable bonds is 6. The lowest BCUT2D eigenvalue weighted by Crippen LogP contribution is -2.50. The molecule has 0 atom stereocenters. The Morgan fingerprint density at radius 1 is 0.966 bits per heavy atom. The molecule has 2 aromatic rings. The first kappa shape index (κ1) is 20.9. The van der Waals surface area contributed by atoms with E-state index in [9.17, 15) is 9.59 Å². The van der Waals surface area contributed by atoms with Crippen molar-refractivity contribution in [3.8, 4) is 5.75 Å². The van der Waals surface area contributed by atoms with Gasteiger partial charge >= 0.3 is 0 Å². The quantitative estimate of drug-likeness (QED) is 0.817. The average Bonchev–Trinajstić information content (AvgIpc) is 2.72. The molecule has 1 aliphatic heterocycles. The van der Waals surface area contributed by atoms with E-state index < -0.39 is 0 Å². The summed E-state index contributed by atoms with van der Waals surface area (Å²) in [6.45, 7) is 9.26. The van der Waals surface area contributed by atoms with Crippen LogP contribution in [0.1, 0.15) is 28.4 Å². The topological polar surface area (TPSA) is 61.9 Å². The van der Waals surface area contributed by atoms with E-state index in [1.165, 1.54) is 0 Å². The third-order valence-electron chi connectivity index (χ3n) is 5.19. The SMILES string of the molecule is CCOc1ccccc1C(=O)N1CCN(CC(=O)Nc2c(C)cccc2C)CC1. The van der Waals surface area contributed by atoms with Gasteiger partial charge in [-0.05, 0) is 44.0 Å². The Kier molecular flexibility index (Phi) is 6.88. The van der Waals surface area contributed by atoms with Crippen molar-refractivity contribution in [1.29, 1.82) is 0 Å². The van der Waals surface area contributed by atoms with Gasteiger partial charge in [-0.15, -0.1) is 0 Å². The van der Waals surface area contributed by atoms with E-state index in [-0.39, 0.29) is 11.8 Å². The molecule has 2 aromatic carbocycles. The number of piperazine rings is 1. The molecule has 154 valence electrons. The zero-order chi connectivity index (χ0) is 20.8. The van der Waals surface area contributed by atoms with Crippen LogP contribution in [0.4, 0.5) is 5.69 Å². The predicted octanol–water partition coefficient (Wildman–Crippen LogP) is 3.10. The maximum Gasteiger partial charge on any atom is 0.257 e. The second kappa shape index (κ2) is 9.56. The van der Waals surface area contributed by atoms with Crippen molar-refractivity contribution in [1.82, 2.24) is 9.80 Å². The molecule has 1 N–H and O–H groups in total. The van der Waals surface area contributed by atoms with Gasteiger partial charge in [-0.25, -0.2) is 0 Å². The average molecular weight is 396 g/mol. The van der Waals surface area contributed by atoms with Gasteiger partial charge in [0.15, 0.2) is 0 Å². The number of carbonyl (C=O) groups excluding carboxylic acids is 2. The summed E-state index contributed by atoms with van der Waals surface area (Å²) in [6, 6.07) is 13.3. The fourth-order valence-corrected chi connectivity index (χ4v) is 3.60. The number of para-hydroxylation sites is 2. The molecular formula is C23H29N3O3. The van der Waals surface area contributed by atoms with Crippen LogP contribution in [0.2, 0.25) is 0 Å². The van der Waals surface area contributed by atoms with Gasteiger partial charge < -0.3 is 15.0 Å². The van der Waals surface area contributed by atoms with Gasteiger partial charge in [0.25, 0.3) is 5.91 Å². The number of aryl methyl sites for hydroxylation is 2. The standard InChI is InChI=1S/C23H29N3O3/c1-4-29-20-11-6-5-10-19(20)23(28)26-14-12-25(13-15-26)16-21(27)24-22-17(2)8-7-9-18(22)3/h5-11H,4,12-16H2,1-3H3,(H,24,27). The lowest BCUT2D eigenvalue weighted by molar-refractivity contribution is -0.117. The van der Waals surface area contributed by atoms with Crippen LogP contribution < -0.4 is 10.1 Å². The smallest absolute Gasteiger partial charge is 0.257 e. The minimum atomic E-state index is -0.0242. The van der Waals surface area contributed by atoms with Crippen molar-refractivity contribution in [3.63, 3.8) is 0 Å². The first-order valence-electron chi connectivity index (χ1n) is 10.1. The summed E-state index contributed by atoms with van der Waals surface area (Å²) in [5.74, 6) is 0.577. The highest BCUT2D eigenvalue weighted by atomic mass is 16.5. The highest BCUT2D eigenvalue weighted by Crippen LogP contribution is 2.21. The fourth-order valence-electron chi connectivity index (χ4n) is 3.60. The maximum atomic E-state index is 12.9. The van der Waals surface area contributed by atoms with Crippen molar-refractivity contribution in [3.05, 3.63) is 59.2 Å². The molecule has 1 aliphatic rings. The molecule has 0 bridgehead atoms. The van der Waals surface area contributed by atoms with Crippen LogP contribution in [0.15, 0.2) is 42.5 Å². The molecule has 0 aromatic heterocycles. The minimum absolute atomic E-state index is 0.0197. The van der Waals surface area contributed by atoms with E-state index in [0.29, 0.717) is 50.6 Å². The van der Waals surface area contributed by atoms with Gasteiger partial charge in [0.05, 0.1) is 18.7 Å². The normalized spacial score (nSPS) is 14.5. The zero-order valence-corrected chi connectivity index (χ0v) is 17.4. The molecule has 3 rings (SSSR count). The molecule has 1 heterocycles. The van der Waals surface area contributed by atoms with E-state index in [0.717, 1.165) is 16.8 Å². The van der Waals surface area contributed by atoms with Crippen LogP contribution in [0.5, 0.6) is 5.75 Å². The van der Waals surface area contributed by atoms with Crippen LogP contribution in [0.3, 0.4) is 0 Å². The van der Waals surface area contributed by atoms with Crippen LogP contribution in [0.25, 0.3) is 0 Å². The molecule has 29 heavy (non-hydrogen) atoms. The largest absolute Gasteiger partial charge is 0.493 e. The Labute approximate surface area is 172 Å². The summed E-state index contributed by atoms with van der Waals surface area (Å²) in [5, 5.41) is 3.03. The number of benzene rings is 2. The van der Waals surface area contributed by atoms with E-state index in [2.05, 4.69) is 10.2 Å². The second-order valence-electron chi connectivity index (χ2n) is 7.31. The Morgan fingerprint density at radius 3 is 2.28 bits per heavy atom. The van der Waals surface area contributed by atoms with Gasteiger partial charge in [-0.2, -0.15) is 0 Å². The number of nitrogens with zero attached hydrogens (tertiary/aromatic N) is 2. The predicted molar refractivity (Wildman–Crippen MR) is 115 cm³/mol. The lowest BCUT2D eigenvalue weighted by Gasteiger charge is -2.34. The van der Waals surface area contributed by atoms with Crippen LogP contribution in [-0.2, 0) is 4.79 Å². The van der Waals surface area contributed by atoms with Crippen molar-refractivity contribution in [2.45, 2.75) is 20.8 Å². The maximum absolute atomic E-state index is 12.9. The number of hydrogen-bond donors (Lipinski definition) is 1. The van der Waals surface area contributed by atoms with E-state index in [4.69, 9.17) is 4.74 Å². The highest BCUT2D eigenvalue weighted by Gasteiger charge is 2.25. The molecule has 0 spiro atoms. The summed E-state index contributed by atoms with van der Waals surface area (Å²) < 4.78 is 5.59. The number of amides is 2. The van der Waals surface area contributed by atoms with Gasteiger partial charge in [0.2, 0.25) is 5.91 Å². The van der Waals surface area contributed by atoms with Crippen molar-refractivity contribution in [2.75, 3.05) is 44.6 Å². The van der Waals surface area contributed by atoms with Crippen LogP contribution >= 0.6 is 0 Å². The molecule has 6 heteroatoms. The zero-order valence-electron chi connectivity index (χ0n) is 17.4. The first-order valence-corrected chi connectivity index (χ1v) is 10.1. The molecule has 1 fully saturated rings. The minimum Gasteiger partial charge on any atom is -0.493 e. The van der Waals surface area contributed by atoms with Gasteiger partial charge in [-0.1, -0.05) is 30.3 Å². The number of hydrogen-bond acceptors (Lipinski definition) is 4. The molecule has 0 saturated carbocycles. The van der Waals surface area contributed by atoms with E-state index in [1.54, 1.807) is 6.07 Å². The molecule has 0 radical (unpaired) electrons. The number of ether oxygens (including phenoxy) is 1. The first-order chi connectivity index (χ1) is 14.0. The summed E-state index contributed by atoms with van der Waals surface area (Å²) in [5.41, 5.74) is 3.60. The van der Waals surface area contributed by atoms with Crippen LogP contribution in [-0.4, -0.2) is 60.9 Å². The highest BCUT2D eigenvalue weighted by molar-refractivity contribution is 5.97. The second-order valence-corrected chi connectivity index (χ2v) is 7.31. The Balaban J connectivity index is 1.54. The summed E-state index contributed by atoms with van der Waals surface area (Å²) >= 11 is 0. The van der Waals surface area contributed by atoms with E-state index >= 15 is 0 Å². The molecule has 2 amide bonds. The van der Waals surface area contributed by atoms with Gasteiger partial charge in [0, 0.05) is 31.9 Å². The van der Waals surface area contributed by atoms with Crippen molar-refractivity contribution >= 4 is 17.5 Å². The van der Waals surface area contributed by atoms with E-state index in [1.807, 2.05) is 62.1 Å². The fraction of sp³-hybridized carbons (Fsp3) is 0.391. The van der Waals surface area contributed by atoms with Crippen molar-refractivity contribution in [2.24, 2.45) is 0 Å². The molecule has 0 aliphatic carbocycles. The Hall–Kier alpha value is -2.86. The third kappa shape index (κ3) is 5.15. The number of carbonyl (C=O) groups is 2. The molecular weight excluding hydrogens is 366 g/mol. The third-order valence-corrected chi connectivity index (χ3v) is 5.19. The summed E-state index contributed by atoms with van der Waals surface area (Å²) in [4.78, 5) is 29.3. The molecule has 0 unspecified atom stereocenters. The summed E-state index contributed by atoms with van der Waals surface area (Å²) in [6.07, 6.45) is 0. The van der Waals surface area contributed by atoms with Crippen molar-refractivity contribution < 1.29 is 14.3 Å². The summed E-state index contributed by atoms with van der Waals surface area (Å²) in [7, 11) is 0. The van der Waals surface area contributed by atoms with Gasteiger partial charge in [-0.3, -0.25) is 14.5 Å². The van der Waals surface area contributed by atoms with Gasteiger partial charge in [0.1, 0.15) is 5.75 Å². The lowest BCUT2D eigenvalue weighted by atomic mass is 10.1. The molecule has 1 saturated heterocycles. The number of anilines is 1. The molecule has 6 nitrogen and oxygen atoms in total. The van der Waals surface area contributed by atoms with Crippen LogP contribution in [0, 0.1) is 13.8 Å². The Morgan fingerprint density at radius 2 is 1.62 bits per heavy atom. The monoisotopic (exact) mass is 395 g/mol.